The summed E-state index contributed by atoms with van der Waals surface area (Å²) in [5.74, 6) is 0.677. The Morgan fingerprint density at radius 3 is 2.44 bits per heavy atom. The zero-order chi connectivity index (χ0) is 11.4. The van der Waals surface area contributed by atoms with E-state index in [1.54, 1.807) is 0 Å². The first-order chi connectivity index (χ1) is 7.75. The van der Waals surface area contributed by atoms with E-state index in [1.807, 2.05) is 0 Å². The van der Waals surface area contributed by atoms with Gasteiger partial charge in [-0.2, -0.15) is 0 Å². The second-order valence-corrected chi connectivity index (χ2v) is 4.97. The van der Waals surface area contributed by atoms with E-state index in [2.05, 4.69) is 4.90 Å². The number of carbonyl (C=O) groups excluding carboxylic acids is 1. The Morgan fingerprint density at radius 2 is 1.81 bits per heavy atom. The third-order valence-corrected chi connectivity index (χ3v) is 3.71. The van der Waals surface area contributed by atoms with Gasteiger partial charge in [0.2, 0.25) is 0 Å². The molecule has 0 unspecified atom stereocenters. The number of Topliss-reactive ketones (excluding diaryl/α,β-unsaturated/α-hetero) is 1. The summed E-state index contributed by atoms with van der Waals surface area (Å²) < 4.78 is 5.27. The monoisotopic (exact) mass is 226 g/mol. The molecule has 1 saturated heterocycles. The number of nitrogens with zero attached hydrogens (tertiary/aromatic N) is 1. The predicted octanol–water partition coefficient (Wildman–Crippen LogP) is 0.405. The highest BCUT2D eigenvalue weighted by atomic mass is 16.5. The predicted molar refractivity (Wildman–Crippen MR) is 62.2 cm³/mol. The smallest absolute Gasteiger partial charge is 0.149 e. The average Bonchev–Trinajstić information content (AvgIpc) is 2.31. The Bertz CT molecular complexity index is 231. The summed E-state index contributed by atoms with van der Waals surface area (Å²) in [4.78, 5) is 14.3. The topological polar surface area (TPSA) is 55.6 Å². The molecule has 4 nitrogen and oxygen atoms in total. The molecule has 0 aromatic heterocycles. The van der Waals surface area contributed by atoms with Gasteiger partial charge in [-0.05, 0) is 25.7 Å². The van der Waals surface area contributed by atoms with E-state index in [9.17, 15) is 4.79 Å². The summed E-state index contributed by atoms with van der Waals surface area (Å²) in [6, 6.07) is 0.326. The molecule has 1 aliphatic heterocycles. The van der Waals surface area contributed by atoms with Crippen LogP contribution in [0.25, 0.3) is 0 Å². The third kappa shape index (κ3) is 3.27. The van der Waals surface area contributed by atoms with Gasteiger partial charge >= 0.3 is 0 Å². The fourth-order valence-electron chi connectivity index (χ4n) is 2.55. The lowest BCUT2D eigenvalue weighted by atomic mass is 9.83. The number of ketones is 1. The van der Waals surface area contributed by atoms with Crippen LogP contribution in [0.15, 0.2) is 0 Å². The van der Waals surface area contributed by atoms with Crippen LogP contribution in [0, 0.1) is 5.92 Å². The standard InChI is InChI=1S/C12H22N2O2/c13-11-3-1-10(2-4-11)12(15)9-14-5-7-16-8-6-14/h10-11H,1-9,13H2. The van der Waals surface area contributed by atoms with Gasteiger partial charge < -0.3 is 10.5 Å². The van der Waals surface area contributed by atoms with Crippen molar-refractivity contribution in [3.63, 3.8) is 0 Å². The Hall–Kier alpha value is -0.450. The van der Waals surface area contributed by atoms with Gasteiger partial charge in [-0.15, -0.1) is 0 Å². The zero-order valence-electron chi connectivity index (χ0n) is 9.86. The van der Waals surface area contributed by atoms with Crippen molar-refractivity contribution in [3.05, 3.63) is 0 Å². The van der Waals surface area contributed by atoms with Crippen molar-refractivity contribution in [2.24, 2.45) is 11.7 Å². The molecule has 4 heteroatoms. The molecule has 0 bridgehead atoms. The van der Waals surface area contributed by atoms with Crippen LogP contribution in [-0.2, 0) is 9.53 Å². The van der Waals surface area contributed by atoms with E-state index >= 15 is 0 Å². The number of carbonyl (C=O) groups is 1. The summed E-state index contributed by atoms with van der Waals surface area (Å²) >= 11 is 0. The van der Waals surface area contributed by atoms with Gasteiger partial charge in [0.15, 0.2) is 0 Å². The van der Waals surface area contributed by atoms with Crippen LogP contribution in [-0.4, -0.2) is 49.6 Å². The number of hydrogen-bond donors (Lipinski definition) is 1. The maximum atomic E-state index is 12.0. The second-order valence-electron chi connectivity index (χ2n) is 4.97. The van der Waals surface area contributed by atoms with Crippen molar-refractivity contribution in [1.82, 2.24) is 4.90 Å². The largest absolute Gasteiger partial charge is 0.379 e. The molecule has 0 spiro atoms. The van der Waals surface area contributed by atoms with Crippen molar-refractivity contribution in [1.29, 1.82) is 0 Å². The van der Waals surface area contributed by atoms with Gasteiger partial charge in [-0.3, -0.25) is 9.69 Å². The number of nitrogens with two attached hydrogens (primary N) is 1. The maximum absolute atomic E-state index is 12.0. The van der Waals surface area contributed by atoms with Crippen LogP contribution in [0.2, 0.25) is 0 Å². The van der Waals surface area contributed by atoms with Crippen LogP contribution in [0.5, 0.6) is 0 Å². The van der Waals surface area contributed by atoms with Crippen LogP contribution in [0.4, 0.5) is 0 Å². The molecule has 16 heavy (non-hydrogen) atoms. The maximum Gasteiger partial charge on any atom is 0.149 e. The fourth-order valence-corrected chi connectivity index (χ4v) is 2.55. The summed E-state index contributed by atoms with van der Waals surface area (Å²) in [5.41, 5.74) is 5.84. The van der Waals surface area contributed by atoms with Crippen LogP contribution in [0.3, 0.4) is 0 Å². The van der Waals surface area contributed by atoms with Gasteiger partial charge in [0.1, 0.15) is 5.78 Å². The molecule has 1 aliphatic carbocycles. The molecular formula is C12H22N2O2. The first-order valence-electron chi connectivity index (χ1n) is 6.34. The van der Waals surface area contributed by atoms with E-state index in [0.717, 1.165) is 52.0 Å². The summed E-state index contributed by atoms with van der Waals surface area (Å²) in [7, 11) is 0. The highest BCUT2D eigenvalue weighted by molar-refractivity contribution is 5.83. The Labute approximate surface area is 97.1 Å². The van der Waals surface area contributed by atoms with Gasteiger partial charge in [0.25, 0.3) is 0 Å². The molecule has 92 valence electrons. The van der Waals surface area contributed by atoms with Crippen molar-refractivity contribution < 1.29 is 9.53 Å². The molecule has 2 aliphatic rings. The lowest BCUT2D eigenvalue weighted by molar-refractivity contribution is -0.126. The molecule has 0 amide bonds. The molecular weight excluding hydrogens is 204 g/mol. The van der Waals surface area contributed by atoms with Gasteiger partial charge in [0.05, 0.1) is 19.8 Å². The highest BCUT2D eigenvalue weighted by Gasteiger charge is 2.26. The summed E-state index contributed by atoms with van der Waals surface area (Å²) in [6.07, 6.45) is 4.01. The minimum Gasteiger partial charge on any atom is -0.379 e. The van der Waals surface area contributed by atoms with Crippen molar-refractivity contribution >= 4 is 5.78 Å². The summed E-state index contributed by atoms with van der Waals surface area (Å²) in [6.45, 7) is 3.95. The number of hydrogen-bond acceptors (Lipinski definition) is 4. The van der Waals surface area contributed by atoms with Crippen molar-refractivity contribution in [3.8, 4) is 0 Å². The first kappa shape index (κ1) is 12.0. The van der Waals surface area contributed by atoms with E-state index in [-0.39, 0.29) is 5.92 Å². The number of rotatable bonds is 3. The van der Waals surface area contributed by atoms with E-state index in [4.69, 9.17) is 10.5 Å². The molecule has 2 rings (SSSR count). The Morgan fingerprint density at radius 1 is 1.19 bits per heavy atom. The Kier molecular flexibility index (Phi) is 4.32. The van der Waals surface area contributed by atoms with Crippen LogP contribution >= 0.6 is 0 Å². The van der Waals surface area contributed by atoms with Gasteiger partial charge in [0, 0.05) is 25.0 Å². The molecule has 0 radical (unpaired) electrons. The normalized spacial score (nSPS) is 32.6. The Balaban J connectivity index is 1.74. The van der Waals surface area contributed by atoms with E-state index in [0.29, 0.717) is 18.4 Å². The molecule has 0 atom stereocenters. The van der Waals surface area contributed by atoms with Crippen molar-refractivity contribution in [2.75, 3.05) is 32.8 Å². The molecule has 0 aromatic rings. The van der Waals surface area contributed by atoms with Gasteiger partial charge in [-0.1, -0.05) is 0 Å². The average molecular weight is 226 g/mol. The highest BCUT2D eigenvalue weighted by Crippen LogP contribution is 2.24. The lowest BCUT2D eigenvalue weighted by Gasteiger charge is -2.29. The zero-order valence-corrected chi connectivity index (χ0v) is 9.86. The quantitative estimate of drug-likeness (QED) is 0.757. The third-order valence-electron chi connectivity index (χ3n) is 3.71. The van der Waals surface area contributed by atoms with Gasteiger partial charge in [-0.25, -0.2) is 0 Å². The van der Waals surface area contributed by atoms with E-state index < -0.39 is 0 Å². The molecule has 0 aromatic carbocycles. The molecule has 2 fully saturated rings. The fraction of sp³-hybridized carbons (Fsp3) is 0.917. The second kappa shape index (κ2) is 5.75. The van der Waals surface area contributed by atoms with Crippen molar-refractivity contribution in [2.45, 2.75) is 31.7 Å². The number of ether oxygens (including phenoxy) is 1. The SMILES string of the molecule is NC1CCC(C(=O)CN2CCOCC2)CC1. The minimum atomic E-state index is 0.266. The molecule has 2 N–H and O–H groups in total. The summed E-state index contributed by atoms with van der Waals surface area (Å²) in [5, 5.41) is 0. The molecule has 1 heterocycles. The van der Waals surface area contributed by atoms with Crippen LogP contribution < -0.4 is 5.73 Å². The number of morpholine rings is 1. The molecule has 1 saturated carbocycles. The lowest BCUT2D eigenvalue weighted by Crippen LogP contribution is -2.42. The minimum absolute atomic E-state index is 0.266. The van der Waals surface area contributed by atoms with E-state index in [1.165, 1.54) is 0 Å². The van der Waals surface area contributed by atoms with Crippen LogP contribution in [0.1, 0.15) is 25.7 Å². The first-order valence-corrected chi connectivity index (χ1v) is 6.34.